The summed E-state index contributed by atoms with van der Waals surface area (Å²) in [7, 11) is 0. The highest BCUT2D eigenvalue weighted by molar-refractivity contribution is 7.25. The van der Waals surface area contributed by atoms with E-state index >= 15 is 0 Å². The van der Waals surface area contributed by atoms with E-state index in [9.17, 15) is 0 Å². The van der Waals surface area contributed by atoms with Gasteiger partial charge in [0.15, 0.2) is 5.58 Å². The van der Waals surface area contributed by atoms with Crippen LogP contribution in [0.25, 0.3) is 120 Å². The lowest BCUT2D eigenvalue weighted by molar-refractivity contribution is 0.654. The summed E-state index contributed by atoms with van der Waals surface area (Å²) in [6.07, 6.45) is 1.76. The van der Waals surface area contributed by atoms with Crippen molar-refractivity contribution < 1.29 is 8.83 Å². The van der Waals surface area contributed by atoms with Crippen molar-refractivity contribution in [2.24, 2.45) is 0 Å². The maximum Gasteiger partial charge on any atom is 0.227 e. The number of furan rings is 2. The largest absolute Gasteiger partial charge is 0.454 e. The summed E-state index contributed by atoms with van der Waals surface area (Å²) < 4.78 is 14.9. The van der Waals surface area contributed by atoms with E-state index in [-0.39, 0.29) is 0 Å². The van der Waals surface area contributed by atoms with Gasteiger partial charge in [-0.05, 0) is 129 Å². The third kappa shape index (κ3) is 5.35. The molecule has 0 fully saturated rings. The van der Waals surface area contributed by atoms with E-state index in [0.717, 1.165) is 83.1 Å². The molecule has 0 N–H and O–H groups in total. The van der Waals surface area contributed by atoms with Gasteiger partial charge in [0.05, 0.1) is 5.69 Å². The zero-order valence-corrected chi connectivity index (χ0v) is 31.3. The molecule has 12 aromatic rings. The minimum absolute atomic E-state index is 0.663. The van der Waals surface area contributed by atoms with Crippen molar-refractivity contribution in [3.05, 3.63) is 182 Å². The molecule has 7 aromatic carbocycles. The van der Waals surface area contributed by atoms with Crippen LogP contribution in [0, 0.1) is 0 Å². The van der Waals surface area contributed by atoms with Crippen molar-refractivity contribution in [1.82, 2.24) is 9.97 Å². The Balaban J connectivity index is 0.881. The van der Waals surface area contributed by atoms with E-state index in [1.165, 1.54) is 31.3 Å². The monoisotopic (exact) mass is 746 g/mol. The van der Waals surface area contributed by atoms with Gasteiger partial charge in [0.25, 0.3) is 0 Å². The zero-order chi connectivity index (χ0) is 37.5. The van der Waals surface area contributed by atoms with Crippen LogP contribution >= 0.6 is 11.3 Å². The molecule has 0 saturated carbocycles. The number of thiophene rings is 1. The van der Waals surface area contributed by atoms with E-state index in [2.05, 4.69) is 163 Å². The van der Waals surface area contributed by atoms with E-state index in [1.54, 1.807) is 6.20 Å². The highest BCUT2D eigenvalue weighted by atomic mass is 32.1. The van der Waals surface area contributed by atoms with Crippen LogP contribution in [0.15, 0.2) is 191 Å². The number of benzene rings is 7. The molecule has 0 bridgehead atoms. The Hall–Kier alpha value is -7.34. The maximum absolute atomic E-state index is 6.32. The summed E-state index contributed by atoms with van der Waals surface area (Å²) in [5.41, 5.74) is 15.2. The molecule has 0 atom stereocenters. The molecule has 0 amide bonds. The fourth-order valence-corrected chi connectivity index (χ4v) is 9.38. The molecule has 0 radical (unpaired) electrons. The minimum atomic E-state index is 0.663. The fourth-order valence-electron chi connectivity index (χ4n) is 8.30. The number of hydrogen-bond acceptors (Lipinski definition) is 5. The van der Waals surface area contributed by atoms with Crippen molar-refractivity contribution in [2.75, 3.05) is 0 Å². The van der Waals surface area contributed by atoms with Gasteiger partial charge < -0.3 is 8.83 Å². The highest BCUT2D eigenvalue weighted by Gasteiger charge is 2.15. The van der Waals surface area contributed by atoms with Gasteiger partial charge in [0.2, 0.25) is 5.71 Å². The average Bonchev–Trinajstić information content (AvgIpc) is 3.96. The summed E-state index contributed by atoms with van der Waals surface area (Å²) >= 11 is 1.84. The molecule has 0 saturated heterocycles. The number of hydrogen-bond donors (Lipinski definition) is 0. The van der Waals surface area contributed by atoms with Crippen LogP contribution in [0.5, 0.6) is 0 Å². The van der Waals surface area contributed by atoms with Crippen LogP contribution in [0.2, 0.25) is 0 Å². The highest BCUT2D eigenvalue weighted by Crippen LogP contribution is 2.39. The lowest BCUT2D eigenvalue weighted by Gasteiger charge is -2.09. The van der Waals surface area contributed by atoms with Gasteiger partial charge in [-0.3, -0.25) is 0 Å². The quantitative estimate of drug-likeness (QED) is 0.176. The second-order valence-electron chi connectivity index (χ2n) is 14.6. The van der Waals surface area contributed by atoms with E-state index in [1.807, 2.05) is 29.5 Å². The summed E-state index contributed by atoms with van der Waals surface area (Å²) in [5.74, 6) is 0. The topological polar surface area (TPSA) is 52.1 Å². The van der Waals surface area contributed by atoms with Crippen LogP contribution in [-0.2, 0) is 0 Å². The lowest BCUT2D eigenvalue weighted by atomic mass is 9.95. The Bertz CT molecular complexity index is 3550. The van der Waals surface area contributed by atoms with Crippen molar-refractivity contribution in [2.45, 2.75) is 0 Å². The van der Waals surface area contributed by atoms with Gasteiger partial charge >= 0.3 is 0 Å². The Labute approximate surface area is 330 Å². The molecule has 266 valence electrons. The second kappa shape index (κ2) is 12.6. The van der Waals surface area contributed by atoms with Crippen LogP contribution in [0.1, 0.15) is 0 Å². The SMILES string of the molecule is c1cc(-c2cccc(-c3ccc4oc5ccc(-c6cccc(-c7ccc8sc9ccccc9c8c7)c6)nc5c4c3)c2)cc(-c2ccc3oc4ncccc4c3c2)c1. The summed E-state index contributed by atoms with van der Waals surface area (Å²) in [6.45, 7) is 0. The summed E-state index contributed by atoms with van der Waals surface area (Å²) in [4.78, 5) is 9.62. The lowest BCUT2D eigenvalue weighted by Crippen LogP contribution is -1.86. The first-order chi connectivity index (χ1) is 28.2. The zero-order valence-electron chi connectivity index (χ0n) is 30.4. The predicted molar refractivity (Wildman–Crippen MR) is 237 cm³/mol. The standard InChI is InChI=1S/C52H30N2O2S/c1-2-15-49-40(13-1)43-29-38(18-23-50(43)57-49)35-11-5-12-39(27-35)45-19-22-48-51(54-45)44-30-37(17-21-47(44)55-48)34-10-4-8-32(26-34)31-7-3-9-33(25-31)36-16-20-46-42(28-36)41-14-6-24-53-52(41)56-46/h1-30H. The molecule has 5 heterocycles. The normalized spacial score (nSPS) is 11.9. The average molecular weight is 747 g/mol. The number of pyridine rings is 2. The van der Waals surface area contributed by atoms with Crippen LogP contribution in [0.3, 0.4) is 0 Å². The summed E-state index contributed by atoms with van der Waals surface area (Å²) in [6, 6.07) is 62.5. The van der Waals surface area contributed by atoms with Crippen LogP contribution in [-0.4, -0.2) is 9.97 Å². The van der Waals surface area contributed by atoms with E-state index < -0.39 is 0 Å². The van der Waals surface area contributed by atoms with Gasteiger partial charge in [-0.2, -0.15) is 0 Å². The third-order valence-corrected chi connectivity index (χ3v) is 12.3. The first kappa shape index (κ1) is 32.0. The molecule has 0 unspecified atom stereocenters. The first-order valence-electron chi connectivity index (χ1n) is 19.0. The van der Waals surface area contributed by atoms with Gasteiger partial charge in [-0.1, -0.05) is 91.0 Å². The molecule has 57 heavy (non-hydrogen) atoms. The predicted octanol–water partition coefficient (Wildman–Crippen LogP) is 15.0. The second-order valence-corrected chi connectivity index (χ2v) is 15.7. The Morgan fingerprint density at radius 2 is 0.895 bits per heavy atom. The van der Waals surface area contributed by atoms with Gasteiger partial charge in [-0.15, -0.1) is 11.3 Å². The molecule has 0 aliphatic rings. The Kier molecular flexibility index (Phi) is 7.06. The maximum atomic E-state index is 6.32. The molecule has 0 aliphatic carbocycles. The van der Waals surface area contributed by atoms with Crippen molar-refractivity contribution in [3.8, 4) is 55.8 Å². The molecule has 12 rings (SSSR count). The molecular weight excluding hydrogens is 717 g/mol. The van der Waals surface area contributed by atoms with Crippen molar-refractivity contribution in [1.29, 1.82) is 0 Å². The molecular formula is C52H30N2O2S. The first-order valence-corrected chi connectivity index (χ1v) is 19.8. The van der Waals surface area contributed by atoms with E-state index in [4.69, 9.17) is 13.8 Å². The number of fused-ring (bicyclic) bond motifs is 9. The van der Waals surface area contributed by atoms with Crippen molar-refractivity contribution >= 4 is 75.6 Å². The van der Waals surface area contributed by atoms with Gasteiger partial charge in [-0.25, -0.2) is 9.97 Å². The summed E-state index contributed by atoms with van der Waals surface area (Å²) in [5, 5.41) is 5.70. The molecule has 0 spiro atoms. The van der Waals surface area contributed by atoms with Crippen LogP contribution in [0.4, 0.5) is 0 Å². The van der Waals surface area contributed by atoms with Gasteiger partial charge in [0, 0.05) is 48.1 Å². The number of rotatable bonds is 5. The molecule has 5 aromatic heterocycles. The molecule has 5 heteroatoms. The fraction of sp³-hybridized carbons (Fsp3) is 0. The Morgan fingerprint density at radius 1 is 0.351 bits per heavy atom. The Morgan fingerprint density at radius 3 is 1.63 bits per heavy atom. The van der Waals surface area contributed by atoms with Gasteiger partial charge in [0.1, 0.15) is 16.7 Å². The van der Waals surface area contributed by atoms with Crippen LogP contribution < -0.4 is 0 Å². The van der Waals surface area contributed by atoms with E-state index in [0.29, 0.717) is 5.71 Å². The molecule has 0 aliphatic heterocycles. The minimum Gasteiger partial charge on any atom is -0.454 e. The number of nitrogens with zero attached hydrogens (tertiary/aromatic N) is 2. The number of aromatic nitrogens is 2. The smallest absolute Gasteiger partial charge is 0.227 e. The van der Waals surface area contributed by atoms with Crippen molar-refractivity contribution in [3.63, 3.8) is 0 Å². The molecule has 4 nitrogen and oxygen atoms in total. The third-order valence-electron chi connectivity index (χ3n) is 11.2.